The lowest BCUT2D eigenvalue weighted by Crippen LogP contribution is -2.38. The summed E-state index contributed by atoms with van der Waals surface area (Å²) in [6.45, 7) is 9.80. The number of hydrogen-bond acceptors (Lipinski definition) is 2. The molecule has 0 fully saturated rings. The van der Waals surface area contributed by atoms with Gasteiger partial charge in [-0.15, -0.1) is 24.0 Å². The van der Waals surface area contributed by atoms with Crippen LogP contribution in [0.2, 0.25) is 0 Å². The van der Waals surface area contributed by atoms with Crippen LogP contribution in [-0.4, -0.2) is 35.1 Å². The number of rotatable bonds is 8. The van der Waals surface area contributed by atoms with Gasteiger partial charge in [-0.2, -0.15) is 0 Å². The average molecular weight is 455 g/mol. The van der Waals surface area contributed by atoms with E-state index in [4.69, 9.17) is 0 Å². The van der Waals surface area contributed by atoms with Crippen LogP contribution in [0.25, 0.3) is 0 Å². The van der Waals surface area contributed by atoms with Crippen LogP contribution >= 0.6 is 24.0 Å². The molecule has 6 heteroatoms. The Morgan fingerprint density at radius 2 is 1.96 bits per heavy atom. The third-order valence-corrected chi connectivity index (χ3v) is 3.60. The van der Waals surface area contributed by atoms with Crippen molar-refractivity contribution in [2.24, 2.45) is 10.9 Å². The van der Waals surface area contributed by atoms with E-state index in [1.54, 1.807) is 0 Å². The smallest absolute Gasteiger partial charge is 0.191 e. The summed E-state index contributed by atoms with van der Waals surface area (Å²) in [4.78, 5) is 9.08. The van der Waals surface area contributed by atoms with E-state index in [2.05, 4.69) is 70.2 Å². The second-order valence-corrected chi connectivity index (χ2v) is 6.25. The van der Waals surface area contributed by atoms with Gasteiger partial charge in [0.2, 0.25) is 0 Å². The number of benzene rings is 1. The van der Waals surface area contributed by atoms with Crippen LogP contribution in [-0.2, 0) is 13.0 Å². The molecular formula is C19H30IN5. The maximum absolute atomic E-state index is 4.59. The maximum Gasteiger partial charge on any atom is 0.191 e. The number of aliphatic imine (C=N–C) groups is 1. The number of hydrogen-bond donors (Lipinski definition) is 2. The number of imidazole rings is 1. The third-order valence-electron chi connectivity index (χ3n) is 3.60. The van der Waals surface area contributed by atoms with Gasteiger partial charge in [0.05, 0.1) is 0 Å². The molecule has 0 aliphatic carbocycles. The minimum Gasteiger partial charge on any atom is -0.357 e. The van der Waals surface area contributed by atoms with Crippen molar-refractivity contribution in [1.82, 2.24) is 20.2 Å². The first-order valence-electron chi connectivity index (χ1n) is 8.75. The Bertz CT molecular complexity index is 622. The highest BCUT2D eigenvalue weighted by atomic mass is 127. The van der Waals surface area contributed by atoms with E-state index in [0.717, 1.165) is 44.4 Å². The molecule has 2 N–H and O–H groups in total. The van der Waals surface area contributed by atoms with Crippen LogP contribution in [0.1, 0.15) is 32.2 Å². The molecule has 5 nitrogen and oxygen atoms in total. The first kappa shape index (κ1) is 21.5. The zero-order valence-corrected chi connectivity index (χ0v) is 17.7. The number of guanidine groups is 1. The molecule has 0 saturated heterocycles. The Balaban J connectivity index is 0.00000312. The molecule has 0 saturated carbocycles. The van der Waals surface area contributed by atoms with Gasteiger partial charge >= 0.3 is 0 Å². The van der Waals surface area contributed by atoms with E-state index >= 15 is 0 Å². The molecule has 2 rings (SSSR count). The molecule has 0 amide bonds. The lowest BCUT2D eigenvalue weighted by atomic mass is 10.2. The average Bonchev–Trinajstić information content (AvgIpc) is 3.00. The molecular weight excluding hydrogens is 425 g/mol. The molecule has 1 aromatic heterocycles. The quantitative estimate of drug-likeness (QED) is 0.365. The first-order chi connectivity index (χ1) is 11.7. The number of nitrogens with one attached hydrogen (secondary N) is 2. The highest BCUT2D eigenvalue weighted by Crippen LogP contribution is 2.05. The standard InChI is InChI=1S/C19H29N5.HI/c1-4-20-19(23-14-16(2)3)22-11-10-18-21-12-13-24(18)15-17-8-6-5-7-9-17;/h5-9,12-13,16H,4,10-11,14-15H2,1-3H3,(H2,20,22,23);1H. The normalized spacial score (nSPS) is 11.3. The van der Waals surface area contributed by atoms with Crippen LogP contribution in [0.5, 0.6) is 0 Å². The van der Waals surface area contributed by atoms with E-state index in [-0.39, 0.29) is 24.0 Å². The van der Waals surface area contributed by atoms with Crippen molar-refractivity contribution >= 4 is 29.9 Å². The molecule has 138 valence electrons. The second kappa shape index (κ2) is 11.9. The fraction of sp³-hybridized carbons (Fsp3) is 0.474. The van der Waals surface area contributed by atoms with Crippen molar-refractivity contribution < 1.29 is 0 Å². The van der Waals surface area contributed by atoms with Gasteiger partial charge in [0.1, 0.15) is 5.82 Å². The Morgan fingerprint density at radius 3 is 2.64 bits per heavy atom. The van der Waals surface area contributed by atoms with E-state index in [0.29, 0.717) is 5.92 Å². The highest BCUT2D eigenvalue weighted by molar-refractivity contribution is 14.0. The molecule has 0 bridgehead atoms. The van der Waals surface area contributed by atoms with Crippen molar-refractivity contribution in [2.75, 3.05) is 19.6 Å². The van der Waals surface area contributed by atoms with E-state index in [1.165, 1.54) is 5.56 Å². The Labute approximate surface area is 168 Å². The highest BCUT2D eigenvalue weighted by Gasteiger charge is 2.04. The van der Waals surface area contributed by atoms with Crippen LogP contribution in [0.15, 0.2) is 47.7 Å². The van der Waals surface area contributed by atoms with Gasteiger partial charge in [-0.25, -0.2) is 4.98 Å². The van der Waals surface area contributed by atoms with Gasteiger partial charge in [-0.3, -0.25) is 4.99 Å². The summed E-state index contributed by atoms with van der Waals surface area (Å²) in [7, 11) is 0. The SMILES string of the molecule is CCNC(=NCC(C)C)NCCc1nccn1Cc1ccccc1.I. The van der Waals surface area contributed by atoms with Crippen LogP contribution in [0, 0.1) is 5.92 Å². The zero-order valence-electron chi connectivity index (χ0n) is 15.4. The second-order valence-electron chi connectivity index (χ2n) is 6.25. The van der Waals surface area contributed by atoms with Gasteiger partial charge in [0, 0.05) is 45.0 Å². The van der Waals surface area contributed by atoms with Crippen LogP contribution < -0.4 is 10.6 Å². The monoisotopic (exact) mass is 455 g/mol. The Kier molecular flexibility index (Phi) is 10.2. The van der Waals surface area contributed by atoms with E-state index < -0.39 is 0 Å². The molecule has 0 aliphatic rings. The topological polar surface area (TPSA) is 54.2 Å². The van der Waals surface area contributed by atoms with Gasteiger partial charge in [0.15, 0.2) is 5.96 Å². The largest absolute Gasteiger partial charge is 0.357 e. The molecule has 2 aromatic rings. The molecule has 1 heterocycles. The molecule has 0 unspecified atom stereocenters. The van der Waals surface area contributed by atoms with Crippen molar-refractivity contribution in [3.05, 3.63) is 54.1 Å². The lowest BCUT2D eigenvalue weighted by molar-refractivity contribution is 0.653. The fourth-order valence-corrected chi connectivity index (χ4v) is 2.40. The molecule has 0 radical (unpaired) electrons. The van der Waals surface area contributed by atoms with E-state index in [1.807, 2.05) is 18.5 Å². The van der Waals surface area contributed by atoms with Gasteiger partial charge in [-0.1, -0.05) is 44.2 Å². The fourth-order valence-electron chi connectivity index (χ4n) is 2.40. The van der Waals surface area contributed by atoms with Crippen molar-refractivity contribution in [3.63, 3.8) is 0 Å². The minimum absolute atomic E-state index is 0. The van der Waals surface area contributed by atoms with Crippen molar-refractivity contribution in [3.8, 4) is 0 Å². The van der Waals surface area contributed by atoms with Gasteiger partial charge in [0.25, 0.3) is 0 Å². The summed E-state index contributed by atoms with van der Waals surface area (Å²) < 4.78 is 2.20. The number of aromatic nitrogens is 2. The molecule has 0 spiro atoms. The lowest BCUT2D eigenvalue weighted by Gasteiger charge is -2.13. The molecule has 0 aliphatic heterocycles. The van der Waals surface area contributed by atoms with Crippen LogP contribution in [0.3, 0.4) is 0 Å². The zero-order chi connectivity index (χ0) is 17.2. The summed E-state index contributed by atoms with van der Waals surface area (Å²) in [6.07, 6.45) is 4.78. The molecule has 0 atom stereocenters. The third kappa shape index (κ3) is 7.90. The summed E-state index contributed by atoms with van der Waals surface area (Å²) in [5.41, 5.74) is 1.29. The minimum atomic E-state index is 0. The Morgan fingerprint density at radius 1 is 1.20 bits per heavy atom. The maximum atomic E-state index is 4.59. The predicted molar refractivity (Wildman–Crippen MR) is 116 cm³/mol. The number of halogens is 1. The van der Waals surface area contributed by atoms with Gasteiger partial charge < -0.3 is 15.2 Å². The Hall–Kier alpha value is -1.57. The van der Waals surface area contributed by atoms with Crippen molar-refractivity contribution in [2.45, 2.75) is 33.7 Å². The molecule has 25 heavy (non-hydrogen) atoms. The summed E-state index contributed by atoms with van der Waals surface area (Å²) in [5, 5.41) is 6.68. The first-order valence-corrected chi connectivity index (χ1v) is 8.75. The number of nitrogens with zero attached hydrogens (tertiary/aromatic N) is 3. The summed E-state index contributed by atoms with van der Waals surface area (Å²) in [5.74, 6) is 2.53. The summed E-state index contributed by atoms with van der Waals surface area (Å²) >= 11 is 0. The van der Waals surface area contributed by atoms with Gasteiger partial charge in [-0.05, 0) is 18.4 Å². The van der Waals surface area contributed by atoms with Crippen molar-refractivity contribution in [1.29, 1.82) is 0 Å². The predicted octanol–water partition coefficient (Wildman–Crippen LogP) is 3.30. The van der Waals surface area contributed by atoms with Crippen LogP contribution in [0.4, 0.5) is 0 Å². The molecule has 1 aromatic carbocycles. The summed E-state index contributed by atoms with van der Waals surface area (Å²) in [6, 6.07) is 10.5. The van der Waals surface area contributed by atoms with E-state index in [9.17, 15) is 0 Å².